The van der Waals surface area contributed by atoms with E-state index < -0.39 is 0 Å². The van der Waals surface area contributed by atoms with Gasteiger partial charge < -0.3 is 0 Å². The number of nitrogens with zero attached hydrogens (tertiary/aromatic N) is 1. The van der Waals surface area contributed by atoms with E-state index >= 15 is 0 Å². The molecule has 0 saturated carbocycles. The van der Waals surface area contributed by atoms with Gasteiger partial charge >= 0.3 is 0 Å². The van der Waals surface area contributed by atoms with Crippen molar-refractivity contribution in [1.29, 1.82) is 0 Å². The summed E-state index contributed by atoms with van der Waals surface area (Å²) in [6.45, 7) is 2.04. The van der Waals surface area contributed by atoms with Gasteiger partial charge in [0.1, 0.15) is 10.8 Å². The molecule has 0 radical (unpaired) electrons. The Kier molecular flexibility index (Phi) is 3.68. The van der Waals surface area contributed by atoms with Crippen LogP contribution in [0.5, 0.6) is 0 Å². The van der Waals surface area contributed by atoms with Gasteiger partial charge in [0.25, 0.3) is 0 Å². The minimum atomic E-state index is -0.236. The van der Waals surface area contributed by atoms with Gasteiger partial charge in [-0.05, 0) is 31.2 Å². The first-order valence-corrected chi connectivity index (χ1v) is 7.74. The molecule has 0 N–H and O–H groups in total. The van der Waals surface area contributed by atoms with Crippen molar-refractivity contribution in [2.75, 3.05) is 0 Å². The number of halogens is 2. The minimum Gasteiger partial charge on any atom is -0.236 e. The molecule has 1 nitrogen and oxygen atoms in total. The van der Waals surface area contributed by atoms with E-state index in [0.717, 1.165) is 31.2 Å². The summed E-state index contributed by atoms with van der Waals surface area (Å²) >= 11 is 5.01. The number of benzene rings is 2. The summed E-state index contributed by atoms with van der Waals surface area (Å²) in [6, 6.07) is 14.6. The standard InChI is InChI=1S/C16H11BrFNS/c1-10-15(11-5-7-13(17)8-6-11)19-16(20-10)12-3-2-4-14(18)9-12/h2-9H,1H3. The van der Waals surface area contributed by atoms with Crippen molar-refractivity contribution in [2.24, 2.45) is 0 Å². The van der Waals surface area contributed by atoms with Crippen LogP contribution >= 0.6 is 27.3 Å². The summed E-state index contributed by atoms with van der Waals surface area (Å²) in [5.74, 6) is -0.236. The smallest absolute Gasteiger partial charge is 0.124 e. The third kappa shape index (κ3) is 2.67. The lowest BCUT2D eigenvalue weighted by Gasteiger charge is -1.99. The van der Waals surface area contributed by atoms with Crippen LogP contribution in [0.1, 0.15) is 4.88 Å². The highest BCUT2D eigenvalue weighted by molar-refractivity contribution is 9.10. The molecule has 3 rings (SSSR count). The van der Waals surface area contributed by atoms with Crippen molar-refractivity contribution in [1.82, 2.24) is 4.98 Å². The van der Waals surface area contributed by atoms with Gasteiger partial charge in [-0.1, -0.05) is 40.2 Å². The summed E-state index contributed by atoms with van der Waals surface area (Å²) in [5.41, 5.74) is 2.85. The summed E-state index contributed by atoms with van der Waals surface area (Å²) < 4.78 is 14.3. The molecule has 0 atom stereocenters. The average molecular weight is 348 g/mol. The first kappa shape index (κ1) is 13.5. The molecule has 1 aromatic heterocycles. The largest absolute Gasteiger partial charge is 0.236 e. The van der Waals surface area contributed by atoms with Crippen LogP contribution in [0.25, 0.3) is 21.8 Å². The Balaban J connectivity index is 2.05. The molecule has 0 unspecified atom stereocenters. The number of aromatic nitrogens is 1. The van der Waals surface area contributed by atoms with Gasteiger partial charge in [0.05, 0.1) is 5.69 Å². The third-order valence-corrected chi connectivity index (χ3v) is 4.53. The molecule has 4 heteroatoms. The summed E-state index contributed by atoms with van der Waals surface area (Å²) in [4.78, 5) is 5.79. The van der Waals surface area contributed by atoms with Crippen LogP contribution in [0.2, 0.25) is 0 Å². The maximum absolute atomic E-state index is 13.3. The highest BCUT2D eigenvalue weighted by Crippen LogP contribution is 2.33. The zero-order chi connectivity index (χ0) is 14.1. The van der Waals surface area contributed by atoms with E-state index in [1.165, 1.54) is 12.1 Å². The molecule has 0 spiro atoms. The van der Waals surface area contributed by atoms with E-state index in [0.29, 0.717) is 0 Å². The van der Waals surface area contributed by atoms with Crippen LogP contribution in [0, 0.1) is 12.7 Å². The lowest BCUT2D eigenvalue weighted by atomic mass is 10.1. The molecule has 0 aliphatic rings. The van der Waals surface area contributed by atoms with E-state index in [4.69, 9.17) is 0 Å². The maximum Gasteiger partial charge on any atom is 0.124 e. The van der Waals surface area contributed by atoms with Crippen LogP contribution in [-0.4, -0.2) is 4.98 Å². The fourth-order valence-electron chi connectivity index (χ4n) is 2.02. The number of thiazole rings is 1. The topological polar surface area (TPSA) is 12.9 Å². The maximum atomic E-state index is 13.3. The van der Waals surface area contributed by atoms with E-state index in [2.05, 4.69) is 20.9 Å². The average Bonchev–Trinajstić information content (AvgIpc) is 2.82. The quantitative estimate of drug-likeness (QED) is 0.580. The zero-order valence-electron chi connectivity index (χ0n) is 10.7. The number of hydrogen-bond acceptors (Lipinski definition) is 2. The Morgan fingerprint density at radius 1 is 1.05 bits per heavy atom. The zero-order valence-corrected chi connectivity index (χ0v) is 13.1. The van der Waals surface area contributed by atoms with E-state index in [1.807, 2.05) is 37.3 Å². The Labute approximate surface area is 129 Å². The molecule has 3 aromatic rings. The van der Waals surface area contributed by atoms with Crippen LogP contribution in [0.3, 0.4) is 0 Å². The predicted molar refractivity (Wildman–Crippen MR) is 85.4 cm³/mol. The van der Waals surface area contributed by atoms with Gasteiger partial charge in [-0.3, -0.25) is 0 Å². The summed E-state index contributed by atoms with van der Waals surface area (Å²) in [7, 11) is 0. The van der Waals surface area contributed by atoms with E-state index in [-0.39, 0.29) is 5.82 Å². The van der Waals surface area contributed by atoms with Gasteiger partial charge in [0.15, 0.2) is 0 Å². The minimum absolute atomic E-state index is 0.236. The SMILES string of the molecule is Cc1sc(-c2cccc(F)c2)nc1-c1ccc(Br)cc1. The van der Waals surface area contributed by atoms with Crippen molar-refractivity contribution in [3.05, 3.63) is 63.7 Å². The van der Waals surface area contributed by atoms with Gasteiger partial charge in [-0.15, -0.1) is 11.3 Å². The molecule has 2 aromatic carbocycles. The van der Waals surface area contributed by atoms with E-state index in [9.17, 15) is 4.39 Å². The van der Waals surface area contributed by atoms with Crippen LogP contribution in [0.4, 0.5) is 4.39 Å². The summed E-state index contributed by atoms with van der Waals surface area (Å²) in [5, 5.41) is 0.847. The van der Waals surface area contributed by atoms with Crippen molar-refractivity contribution >= 4 is 27.3 Å². The van der Waals surface area contributed by atoms with Crippen LogP contribution in [-0.2, 0) is 0 Å². The van der Waals surface area contributed by atoms with Gasteiger partial charge in [0, 0.05) is 20.5 Å². The fourth-order valence-corrected chi connectivity index (χ4v) is 3.21. The Bertz CT molecular complexity index is 749. The lowest BCUT2D eigenvalue weighted by molar-refractivity contribution is 0.628. The Morgan fingerprint density at radius 3 is 2.50 bits per heavy atom. The molecular weight excluding hydrogens is 337 g/mol. The number of rotatable bonds is 2. The van der Waals surface area contributed by atoms with Crippen LogP contribution < -0.4 is 0 Å². The predicted octanol–water partition coefficient (Wildman–Crippen LogP) is 5.69. The first-order valence-electron chi connectivity index (χ1n) is 6.13. The number of aryl methyl sites for hydroxylation is 1. The molecule has 100 valence electrons. The second kappa shape index (κ2) is 5.46. The van der Waals surface area contributed by atoms with Crippen molar-refractivity contribution in [3.63, 3.8) is 0 Å². The molecule has 0 bridgehead atoms. The highest BCUT2D eigenvalue weighted by Gasteiger charge is 2.11. The van der Waals surface area contributed by atoms with Crippen molar-refractivity contribution in [2.45, 2.75) is 6.92 Å². The monoisotopic (exact) mass is 347 g/mol. The second-order valence-corrected chi connectivity index (χ2v) is 6.56. The van der Waals surface area contributed by atoms with Gasteiger partial charge in [-0.25, -0.2) is 9.37 Å². The molecule has 0 saturated heterocycles. The van der Waals surface area contributed by atoms with Gasteiger partial charge in [0.2, 0.25) is 0 Å². The van der Waals surface area contributed by atoms with Gasteiger partial charge in [-0.2, -0.15) is 0 Å². The van der Waals surface area contributed by atoms with Crippen LogP contribution in [0.15, 0.2) is 53.0 Å². The van der Waals surface area contributed by atoms with E-state index in [1.54, 1.807) is 17.4 Å². The summed E-state index contributed by atoms with van der Waals surface area (Å²) in [6.07, 6.45) is 0. The Morgan fingerprint density at radius 2 is 1.80 bits per heavy atom. The molecule has 0 aliphatic heterocycles. The second-order valence-electron chi connectivity index (χ2n) is 4.44. The fraction of sp³-hybridized carbons (Fsp3) is 0.0625. The molecule has 1 heterocycles. The molecule has 0 amide bonds. The third-order valence-electron chi connectivity index (χ3n) is 2.99. The van der Waals surface area contributed by atoms with Crippen molar-refractivity contribution < 1.29 is 4.39 Å². The normalized spacial score (nSPS) is 10.8. The molecule has 0 aliphatic carbocycles. The Hall–Kier alpha value is -1.52. The highest BCUT2D eigenvalue weighted by atomic mass is 79.9. The van der Waals surface area contributed by atoms with Crippen molar-refractivity contribution in [3.8, 4) is 21.8 Å². The first-order chi connectivity index (χ1) is 9.63. The molecule has 20 heavy (non-hydrogen) atoms. The number of hydrogen-bond donors (Lipinski definition) is 0. The molecule has 0 fully saturated rings. The molecular formula is C16H11BrFNS. The lowest BCUT2D eigenvalue weighted by Crippen LogP contribution is -1.82.